The summed E-state index contributed by atoms with van der Waals surface area (Å²) in [5, 5.41) is 9.68. The highest BCUT2D eigenvalue weighted by Gasteiger charge is 2.22. The van der Waals surface area contributed by atoms with Crippen LogP contribution in [0.1, 0.15) is 121 Å². The number of carbonyl (C=O) groups excluding carboxylic acids is 2. The highest BCUT2D eigenvalue weighted by molar-refractivity contribution is 6.36. The lowest BCUT2D eigenvalue weighted by molar-refractivity contribution is 0.0941. The van der Waals surface area contributed by atoms with Crippen LogP contribution in [0.15, 0.2) is 36.4 Å². The number of benzene rings is 2. The Bertz CT molecular complexity index is 1980. The molecule has 8 rings (SSSR count). The van der Waals surface area contributed by atoms with Gasteiger partial charge in [-0.3, -0.25) is 19.6 Å². The number of rotatable bonds is 9. The molecule has 2 fully saturated rings. The molecule has 2 atom stereocenters. The van der Waals surface area contributed by atoms with Crippen molar-refractivity contribution in [3.63, 3.8) is 0 Å². The summed E-state index contributed by atoms with van der Waals surface area (Å²) in [6.07, 6.45) is 17.1. The first-order valence-corrected chi connectivity index (χ1v) is 21.2. The topological polar surface area (TPSA) is 90.5 Å². The molecule has 2 amide bonds. The largest absolute Gasteiger partial charge is 0.352 e. The van der Waals surface area contributed by atoms with Crippen molar-refractivity contribution in [2.45, 2.75) is 115 Å². The van der Waals surface area contributed by atoms with Gasteiger partial charge in [0.1, 0.15) is 0 Å². The van der Waals surface area contributed by atoms with Crippen molar-refractivity contribution in [2.75, 3.05) is 39.8 Å². The lowest BCUT2D eigenvalue weighted by Crippen LogP contribution is -2.39. The molecule has 0 spiro atoms. The van der Waals surface area contributed by atoms with E-state index in [1.165, 1.54) is 69.2 Å². The van der Waals surface area contributed by atoms with Crippen LogP contribution >= 0.6 is 23.2 Å². The van der Waals surface area contributed by atoms with Gasteiger partial charge in [-0.15, -0.1) is 0 Å². The van der Waals surface area contributed by atoms with Crippen molar-refractivity contribution < 1.29 is 9.59 Å². The zero-order chi connectivity index (χ0) is 37.6. The number of pyridine rings is 2. The van der Waals surface area contributed by atoms with Crippen molar-refractivity contribution in [3.8, 4) is 0 Å². The fourth-order valence-electron chi connectivity index (χ4n) is 8.89. The van der Waals surface area contributed by atoms with Crippen LogP contribution in [-0.4, -0.2) is 83.4 Å². The van der Waals surface area contributed by atoms with Gasteiger partial charge in [-0.2, -0.15) is 0 Å². The second-order valence-corrected chi connectivity index (χ2v) is 16.6. The van der Waals surface area contributed by atoms with E-state index in [1.807, 2.05) is 36.4 Å². The maximum Gasteiger partial charge on any atom is 0.251 e. The number of hydrogen-bond acceptors (Lipinski definition) is 6. The third kappa shape index (κ3) is 9.04. The number of likely N-dealkylation sites (tertiary alicyclic amines) is 2. The fraction of sp³-hybridized carbons (Fsp3) is 0.545. The molecule has 2 aromatic carbocycles. The number of carbonyl (C=O) groups is 2. The molecule has 2 unspecified atom stereocenters. The number of nitrogens with one attached hydrogen (secondary N) is 2. The molecule has 2 aliphatic heterocycles. The van der Waals surface area contributed by atoms with Crippen LogP contribution in [0, 0.1) is 0 Å². The summed E-state index contributed by atoms with van der Waals surface area (Å²) < 4.78 is 0. The lowest BCUT2D eigenvalue weighted by atomic mass is 9.94. The molecule has 2 saturated heterocycles. The molecular formula is C44H56Cl2N6O2. The van der Waals surface area contributed by atoms with Crippen molar-refractivity contribution in [2.24, 2.45) is 0 Å². The molecule has 4 heterocycles. The molecule has 10 heteroatoms. The maximum absolute atomic E-state index is 12.6. The van der Waals surface area contributed by atoms with Crippen LogP contribution in [-0.2, 0) is 25.7 Å². The van der Waals surface area contributed by atoms with Crippen LogP contribution in [0.2, 0.25) is 10.0 Å². The van der Waals surface area contributed by atoms with Gasteiger partial charge in [0, 0.05) is 65.0 Å². The van der Waals surface area contributed by atoms with E-state index in [4.69, 9.17) is 33.2 Å². The van der Waals surface area contributed by atoms with Gasteiger partial charge in [0.05, 0.1) is 21.1 Å². The Morgan fingerprint density at radius 2 is 1.30 bits per heavy atom. The normalized spacial score (nSPS) is 20.2. The van der Waals surface area contributed by atoms with Crippen LogP contribution in [0.4, 0.5) is 0 Å². The minimum atomic E-state index is -0.0248. The highest BCUT2D eigenvalue weighted by Crippen LogP contribution is 2.34. The predicted octanol–water partition coefficient (Wildman–Crippen LogP) is 8.74. The van der Waals surface area contributed by atoms with Gasteiger partial charge >= 0.3 is 0 Å². The quantitative estimate of drug-likeness (QED) is 0.166. The molecule has 288 valence electrons. The van der Waals surface area contributed by atoms with E-state index in [2.05, 4.69) is 34.4 Å². The number of fused-ring (bicyclic) bond motifs is 4. The van der Waals surface area contributed by atoms with Crippen LogP contribution in [0.5, 0.6) is 0 Å². The second kappa shape index (κ2) is 18.1. The Morgan fingerprint density at radius 1 is 0.722 bits per heavy atom. The smallest absolute Gasteiger partial charge is 0.251 e. The summed E-state index contributed by atoms with van der Waals surface area (Å²) in [6.45, 7) is 7.14. The number of amides is 2. The SMILES string of the molecule is CC1CCCCN1CCCNC(=O)c1ccc2c(Cl)c3c(nc2c1)CCCC3.CN1CCCC1CCNC(=O)c1ccc2c(Cl)c3c(nc2c1)CCCC3. The molecule has 4 aliphatic rings. The monoisotopic (exact) mass is 770 g/mol. The van der Waals surface area contributed by atoms with Gasteiger partial charge in [-0.05, 0) is 152 Å². The average Bonchev–Trinajstić information content (AvgIpc) is 3.61. The van der Waals surface area contributed by atoms with Gasteiger partial charge in [0.25, 0.3) is 11.8 Å². The van der Waals surface area contributed by atoms with Crippen LogP contribution < -0.4 is 10.6 Å². The molecule has 2 aromatic heterocycles. The van der Waals surface area contributed by atoms with Gasteiger partial charge in [-0.1, -0.05) is 41.8 Å². The van der Waals surface area contributed by atoms with Crippen molar-refractivity contribution in [3.05, 3.63) is 80.1 Å². The summed E-state index contributed by atoms with van der Waals surface area (Å²) in [6, 6.07) is 12.7. The summed E-state index contributed by atoms with van der Waals surface area (Å²) in [7, 11) is 2.17. The number of aryl methyl sites for hydroxylation is 2. The predicted molar refractivity (Wildman–Crippen MR) is 221 cm³/mol. The summed E-state index contributed by atoms with van der Waals surface area (Å²) >= 11 is 13.3. The Kier molecular flexibility index (Phi) is 13.1. The minimum Gasteiger partial charge on any atom is -0.352 e. The third-order valence-corrected chi connectivity index (χ3v) is 13.1. The Labute approximate surface area is 330 Å². The average molecular weight is 772 g/mol. The highest BCUT2D eigenvalue weighted by atomic mass is 35.5. The van der Waals surface area contributed by atoms with Crippen molar-refractivity contribution >= 4 is 56.8 Å². The molecule has 0 radical (unpaired) electrons. The standard InChI is InChI=1S/C23H30ClN3O.C21H26ClN3O/c1-16-7-4-5-13-27(16)14-6-12-25-23(28)17-10-11-19-21(15-17)26-20-9-3-2-8-18(20)22(19)24;1-25-12-4-5-15(25)10-11-23-21(26)14-8-9-17-19(13-14)24-18-7-3-2-6-16(18)20(17)22/h10-11,15-16H,2-9,12-14H2,1H3,(H,25,28);8-9,13,15H,2-7,10-12H2,1H3,(H,23,26). The number of aromatic nitrogens is 2. The number of piperidine rings is 1. The molecule has 0 saturated carbocycles. The van der Waals surface area contributed by atoms with Gasteiger partial charge in [0.15, 0.2) is 0 Å². The van der Waals surface area contributed by atoms with Crippen LogP contribution in [0.3, 0.4) is 0 Å². The summed E-state index contributed by atoms with van der Waals surface area (Å²) in [5.41, 5.74) is 7.61. The van der Waals surface area contributed by atoms with E-state index in [0.29, 0.717) is 36.3 Å². The summed E-state index contributed by atoms with van der Waals surface area (Å²) in [4.78, 5) is 39.7. The number of halogens is 2. The zero-order valence-corrected chi connectivity index (χ0v) is 33.6. The van der Waals surface area contributed by atoms with E-state index in [0.717, 1.165) is 101 Å². The molecule has 4 aromatic rings. The van der Waals surface area contributed by atoms with E-state index in [-0.39, 0.29) is 11.8 Å². The fourth-order valence-corrected chi connectivity index (χ4v) is 9.62. The molecule has 2 aliphatic carbocycles. The minimum absolute atomic E-state index is 0.0239. The Balaban J connectivity index is 0.000000167. The first-order valence-electron chi connectivity index (χ1n) is 20.5. The molecule has 0 bridgehead atoms. The first-order chi connectivity index (χ1) is 26.3. The van der Waals surface area contributed by atoms with Crippen LogP contribution in [0.25, 0.3) is 21.8 Å². The number of nitrogens with zero attached hydrogens (tertiary/aromatic N) is 4. The Morgan fingerprint density at radius 3 is 1.85 bits per heavy atom. The molecule has 2 N–H and O–H groups in total. The molecular weight excluding hydrogens is 715 g/mol. The maximum atomic E-state index is 12.6. The summed E-state index contributed by atoms with van der Waals surface area (Å²) in [5.74, 6) is -0.0487. The van der Waals surface area contributed by atoms with Gasteiger partial charge < -0.3 is 20.4 Å². The van der Waals surface area contributed by atoms with E-state index >= 15 is 0 Å². The van der Waals surface area contributed by atoms with Gasteiger partial charge in [-0.25, -0.2) is 0 Å². The second-order valence-electron chi connectivity index (χ2n) is 15.9. The van der Waals surface area contributed by atoms with E-state index in [1.54, 1.807) is 0 Å². The van der Waals surface area contributed by atoms with Gasteiger partial charge in [0.2, 0.25) is 0 Å². The van der Waals surface area contributed by atoms with E-state index < -0.39 is 0 Å². The zero-order valence-electron chi connectivity index (χ0n) is 32.1. The van der Waals surface area contributed by atoms with Crippen molar-refractivity contribution in [1.82, 2.24) is 30.4 Å². The third-order valence-electron chi connectivity index (χ3n) is 12.2. The lowest BCUT2D eigenvalue weighted by Gasteiger charge is -2.33. The van der Waals surface area contributed by atoms with Crippen molar-refractivity contribution in [1.29, 1.82) is 0 Å². The molecule has 54 heavy (non-hydrogen) atoms. The van der Waals surface area contributed by atoms with E-state index in [9.17, 15) is 9.59 Å². The number of hydrogen-bond donors (Lipinski definition) is 2. The Hall–Kier alpha value is -3.30. The first kappa shape index (κ1) is 39.0. The molecule has 8 nitrogen and oxygen atoms in total.